The number of likely N-dealkylation sites (N-methyl/N-ethyl adjacent to an activating group) is 1. The second kappa shape index (κ2) is 13.2. The maximum absolute atomic E-state index is 13.5. The minimum absolute atomic E-state index is 0.0469. The standard InChI is InChI=1S/C28H31ClN2O2S/c1-3-30-28(33)26(17-22-10-5-4-6-11-22)31(18-24-12-8-7-9-21(24)2)27(32)20-34-19-23-13-15-25(29)16-14-23/h4-16,26H,3,17-20H2,1-2H3,(H,30,33). The zero-order chi connectivity index (χ0) is 24.3. The number of amides is 2. The molecular weight excluding hydrogens is 464 g/mol. The van der Waals surface area contributed by atoms with Crippen molar-refractivity contribution in [2.45, 2.75) is 38.6 Å². The average Bonchev–Trinajstić information content (AvgIpc) is 2.84. The first kappa shape index (κ1) is 25.9. The van der Waals surface area contributed by atoms with Gasteiger partial charge in [-0.15, -0.1) is 11.8 Å². The molecule has 0 heterocycles. The number of halogens is 1. The fourth-order valence-electron chi connectivity index (χ4n) is 3.74. The van der Waals surface area contributed by atoms with Crippen LogP contribution in [0.1, 0.15) is 29.2 Å². The van der Waals surface area contributed by atoms with Crippen LogP contribution in [0.25, 0.3) is 0 Å². The lowest BCUT2D eigenvalue weighted by molar-refractivity contribution is -0.139. The topological polar surface area (TPSA) is 49.4 Å². The van der Waals surface area contributed by atoms with E-state index in [2.05, 4.69) is 5.32 Å². The van der Waals surface area contributed by atoms with Gasteiger partial charge in [0, 0.05) is 30.3 Å². The predicted molar refractivity (Wildman–Crippen MR) is 142 cm³/mol. The molecule has 6 heteroatoms. The van der Waals surface area contributed by atoms with Gasteiger partial charge in [-0.3, -0.25) is 9.59 Å². The molecule has 4 nitrogen and oxygen atoms in total. The van der Waals surface area contributed by atoms with Crippen LogP contribution in [0.15, 0.2) is 78.9 Å². The number of hydrogen-bond acceptors (Lipinski definition) is 3. The lowest BCUT2D eigenvalue weighted by atomic mass is 10.0. The van der Waals surface area contributed by atoms with Crippen molar-refractivity contribution in [1.29, 1.82) is 0 Å². The van der Waals surface area contributed by atoms with Crippen LogP contribution in [-0.2, 0) is 28.3 Å². The number of hydrogen-bond donors (Lipinski definition) is 1. The van der Waals surface area contributed by atoms with E-state index < -0.39 is 6.04 Å². The Kier molecular flexibility index (Phi) is 10.0. The van der Waals surface area contributed by atoms with Crippen LogP contribution in [-0.4, -0.2) is 35.1 Å². The third-order valence-electron chi connectivity index (χ3n) is 5.63. The monoisotopic (exact) mass is 494 g/mol. The molecule has 0 fully saturated rings. The number of nitrogens with one attached hydrogen (secondary N) is 1. The van der Waals surface area contributed by atoms with Crippen molar-refractivity contribution in [2.75, 3.05) is 12.3 Å². The van der Waals surface area contributed by atoms with E-state index in [1.165, 1.54) is 0 Å². The minimum Gasteiger partial charge on any atom is -0.355 e. The average molecular weight is 495 g/mol. The Labute approximate surface area is 211 Å². The molecule has 0 aromatic heterocycles. The third-order valence-corrected chi connectivity index (χ3v) is 6.87. The molecule has 0 saturated heterocycles. The van der Waals surface area contributed by atoms with Gasteiger partial charge in [0.2, 0.25) is 11.8 Å². The highest BCUT2D eigenvalue weighted by atomic mass is 35.5. The molecule has 1 N–H and O–H groups in total. The molecule has 0 spiro atoms. The van der Waals surface area contributed by atoms with Crippen LogP contribution < -0.4 is 5.32 Å². The van der Waals surface area contributed by atoms with Crippen molar-refractivity contribution in [3.8, 4) is 0 Å². The summed E-state index contributed by atoms with van der Waals surface area (Å²) in [5.74, 6) is 0.815. The zero-order valence-corrected chi connectivity index (χ0v) is 21.2. The molecule has 1 atom stereocenters. The Balaban J connectivity index is 1.82. The van der Waals surface area contributed by atoms with Gasteiger partial charge in [-0.2, -0.15) is 0 Å². The van der Waals surface area contributed by atoms with Crippen LogP contribution in [0.2, 0.25) is 5.02 Å². The highest BCUT2D eigenvalue weighted by molar-refractivity contribution is 7.99. The number of benzene rings is 3. The van der Waals surface area contributed by atoms with Gasteiger partial charge in [0.25, 0.3) is 0 Å². The molecular formula is C28H31ClN2O2S. The van der Waals surface area contributed by atoms with Gasteiger partial charge in [-0.25, -0.2) is 0 Å². The van der Waals surface area contributed by atoms with Crippen molar-refractivity contribution >= 4 is 35.2 Å². The zero-order valence-electron chi connectivity index (χ0n) is 19.7. The second-order valence-corrected chi connectivity index (χ2v) is 9.59. The Morgan fingerprint density at radius 1 is 0.941 bits per heavy atom. The summed E-state index contributed by atoms with van der Waals surface area (Å²) in [6, 6.07) is 24.9. The van der Waals surface area contributed by atoms with Crippen LogP contribution in [0.3, 0.4) is 0 Å². The number of nitrogens with zero attached hydrogens (tertiary/aromatic N) is 1. The molecule has 1 unspecified atom stereocenters. The molecule has 0 bridgehead atoms. The van der Waals surface area contributed by atoms with E-state index in [0.717, 1.165) is 22.3 Å². The Morgan fingerprint density at radius 3 is 2.29 bits per heavy atom. The smallest absolute Gasteiger partial charge is 0.243 e. The van der Waals surface area contributed by atoms with E-state index in [9.17, 15) is 9.59 Å². The molecule has 0 radical (unpaired) electrons. The van der Waals surface area contributed by atoms with Crippen molar-refractivity contribution in [2.24, 2.45) is 0 Å². The predicted octanol–water partition coefficient (Wildman–Crippen LogP) is 5.66. The van der Waals surface area contributed by atoms with Crippen molar-refractivity contribution in [3.05, 3.63) is 106 Å². The summed E-state index contributed by atoms with van der Waals surface area (Å²) >= 11 is 7.52. The summed E-state index contributed by atoms with van der Waals surface area (Å²) in [6.45, 7) is 4.84. The molecule has 3 aromatic carbocycles. The minimum atomic E-state index is -0.592. The first-order valence-corrected chi connectivity index (χ1v) is 13.0. The lowest BCUT2D eigenvalue weighted by Gasteiger charge is -2.32. The van der Waals surface area contributed by atoms with Crippen LogP contribution in [0.4, 0.5) is 0 Å². The number of carbonyl (C=O) groups excluding carboxylic acids is 2. The highest BCUT2D eigenvalue weighted by Gasteiger charge is 2.30. The van der Waals surface area contributed by atoms with Crippen LogP contribution in [0.5, 0.6) is 0 Å². The van der Waals surface area contributed by atoms with Gasteiger partial charge in [-0.1, -0.05) is 78.3 Å². The maximum atomic E-state index is 13.5. The van der Waals surface area contributed by atoms with E-state index in [1.807, 2.05) is 92.7 Å². The summed E-state index contributed by atoms with van der Waals surface area (Å²) in [6.07, 6.45) is 0.464. The maximum Gasteiger partial charge on any atom is 0.243 e. The number of carbonyl (C=O) groups is 2. The summed E-state index contributed by atoms with van der Waals surface area (Å²) in [7, 11) is 0. The number of thioether (sulfide) groups is 1. The van der Waals surface area contributed by atoms with E-state index >= 15 is 0 Å². The van der Waals surface area contributed by atoms with Gasteiger partial charge in [-0.05, 0) is 48.2 Å². The quantitative estimate of drug-likeness (QED) is 0.374. The molecule has 0 aliphatic heterocycles. The highest BCUT2D eigenvalue weighted by Crippen LogP contribution is 2.20. The van der Waals surface area contributed by atoms with E-state index in [1.54, 1.807) is 16.7 Å². The largest absolute Gasteiger partial charge is 0.355 e. The third kappa shape index (κ3) is 7.64. The molecule has 0 saturated carbocycles. The van der Waals surface area contributed by atoms with Crippen LogP contribution in [0, 0.1) is 6.92 Å². The van der Waals surface area contributed by atoms with Crippen molar-refractivity contribution in [1.82, 2.24) is 10.2 Å². The molecule has 178 valence electrons. The van der Waals surface area contributed by atoms with E-state index in [4.69, 9.17) is 11.6 Å². The summed E-state index contributed by atoms with van der Waals surface area (Å²) in [5, 5.41) is 3.63. The summed E-state index contributed by atoms with van der Waals surface area (Å²) in [5.41, 5.74) is 4.27. The second-order valence-electron chi connectivity index (χ2n) is 8.17. The molecule has 2 amide bonds. The Hall–Kier alpha value is -2.76. The summed E-state index contributed by atoms with van der Waals surface area (Å²) < 4.78 is 0. The fourth-order valence-corrected chi connectivity index (χ4v) is 4.73. The molecule has 0 aliphatic carbocycles. The normalized spacial score (nSPS) is 11.6. The molecule has 34 heavy (non-hydrogen) atoms. The molecule has 3 aromatic rings. The van der Waals surface area contributed by atoms with Gasteiger partial charge >= 0.3 is 0 Å². The SMILES string of the molecule is CCNC(=O)C(Cc1ccccc1)N(Cc1ccccc1C)C(=O)CSCc1ccc(Cl)cc1. The van der Waals surface area contributed by atoms with Gasteiger partial charge in [0.1, 0.15) is 6.04 Å². The van der Waals surface area contributed by atoms with Gasteiger partial charge in [0.05, 0.1) is 5.75 Å². The van der Waals surface area contributed by atoms with Crippen LogP contribution >= 0.6 is 23.4 Å². The van der Waals surface area contributed by atoms with E-state index in [-0.39, 0.29) is 11.8 Å². The Bertz CT molecular complexity index is 1070. The summed E-state index contributed by atoms with van der Waals surface area (Å²) in [4.78, 5) is 28.5. The van der Waals surface area contributed by atoms with Crippen molar-refractivity contribution < 1.29 is 9.59 Å². The molecule has 3 rings (SSSR count). The van der Waals surface area contributed by atoms with Crippen molar-refractivity contribution in [3.63, 3.8) is 0 Å². The number of rotatable bonds is 11. The Morgan fingerprint density at radius 2 is 1.62 bits per heavy atom. The first-order chi connectivity index (χ1) is 16.5. The van der Waals surface area contributed by atoms with E-state index in [0.29, 0.717) is 36.0 Å². The van der Waals surface area contributed by atoms with Gasteiger partial charge in [0.15, 0.2) is 0 Å². The lowest BCUT2D eigenvalue weighted by Crippen LogP contribution is -2.51. The van der Waals surface area contributed by atoms with Gasteiger partial charge < -0.3 is 10.2 Å². The number of aryl methyl sites for hydroxylation is 1. The first-order valence-electron chi connectivity index (χ1n) is 11.5. The molecule has 0 aliphatic rings. The fraction of sp³-hybridized carbons (Fsp3) is 0.286.